The van der Waals surface area contributed by atoms with Crippen LogP contribution in [0.4, 0.5) is 0 Å². The van der Waals surface area contributed by atoms with Gasteiger partial charge in [0.15, 0.2) is 0 Å². The maximum absolute atomic E-state index is 3.67. The Morgan fingerprint density at radius 3 is 2.25 bits per heavy atom. The fourth-order valence-corrected chi connectivity index (χ4v) is 2.96. The molecule has 2 heteroatoms. The summed E-state index contributed by atoms with van der Waals surface area (Å²) < 4.78 is 0. The molecule has 1 saturated heterocycles. The molecular weight excluding hydrogens is 196 g/mol. The van der Waals surface area contributed by atoms with E-state index in [-0.39, 0.29) is 5.54 Å². The molecule has 0 radical (unpaired) electrons. The van der Waals surface area contributed by atoms with Crippen molar-refractivity contribution >= 4 is 0 Å². The molecule has 2 fully saturated rings. The molecule has 0 amide bonds. The predicted octanol–water partition coefficient (Wildman–Crippen LogP) is 2.64. The standard InChI is InChI=1S/C14H28N2/c1-14(2,3)15-11-12-7-8-13(12)16-9-5-4-6-10-16/h12-13,15H,4-11H2,1-3H3. The normalized spacial score (nSPS) is 32.4. The molecule has 1 N–H and O–H groups in total. The van der Waals surface area contributed by atoms with E-state index in [0.29, 0.717) is 0 Å². The number of hydrogen-bond acceptors (Lipinski definition) is 2. The molecule has 1 aliphatic carbocycles. The highest BCUT2D eigenvalue weighted by Crippen LogP contribution is 2.33. The van der Waals surface area contributed by atoms with Gasteiger partial charge in [0.2, 0.25) is 0 Å². The third-order valence-electron chi connectivity index (χ3n) is 4.13. The van der Waals surface area contributed by atoms with Crippen molar-refractivity contribution in [1.82, 2.24) is 10.2 Å². The van der Waals surface area contributed by atoms with Crippen LogP contribution < -0.4 is 5.32 Å². The fraction of sp³-hybridized carbons (Fsp3) is 1.00. The lowest BCUT2D eigenvalue weighted by Gasteiger charge is -2.46. The minimum atomic E-state index is 0.280. The summed E-state index contributed by atoms with van der Waals surface area (Å²) in [4.78, 5) is 2.75. The van der Waals surface area contributed by atoms with Gasteiger partial charge in [0, 0.05) is 11.6 Å². The average Bonchev–Trinajstić information content (AvgIpc) is 2.16. The number of rotatable bonds is 3. The minimum absolute atomic E-state index is 0.280. The topological polar surface area (TPSA) is 15.3 Å². The fourth-order valence-electron chi connectivity index (χ4n) is 2.96. The number of hydrogen-bond donors (Lipinski definition) is 1. The van der Waals surface area contributed by atoms with Crippen molar-refractivity contribution in [3.63, 3.8) is 0 Å². The summed E-state index contributed by atoms with van der Waals surface area (Å²) in [5.41, 5.74) is 0.280. The summed E-state index contributed by atoms with van der Waals surface area (Å²) in [6, 6.07) is 0.898. The molecule has 0 bridgehead atoms. The van der Waals surface area contributed by atoms with Crippen molar-refractivity contribution in [2.75, 3.05) is 19.6 Å². The quantitative estimate of drug-likeness (QED) is 0.793. The summed E-state index contributed by atoms with van der Waals surface area (Å²) >= 11 is 0. The summed E-state index contributed by atoms with van der Waals surface area (Å²) in [7, 11) is 0. The SMILES string of the molecule is CC(C)(C)NCC1CCC1N1CCCCC1. The van der Waals surface area contributed by atoms with Gasteiger partial charge in [-0.1, -0.05) is 6.42 Å². The van der Waals surface area contributed by atoms with Crippen LogP contribution in [0.1, 0.15) is 52.9 Å². The van der Waals surface area contributed by atoms with Crippen LogP contribution in [0.2, 0.25) is 0 Å². The Morgan fingerprint density at radius 1 is 1.06 bits per heavy atom. The lowest BCUT2D eigenvalue weighted by atomic mass is 9.77. The first kappa shape index (κ1) is 12.4. The van der Waals surface area contributed by atoms with E-state index in [1.807, 2.05) is 0 Å². The first-order valence-electron chi connectivity index (χ1n) is 7.05. The van der Waals surface area contributed by atoms with Gasteiger partial charge in [0.05, 0.1) is 0 Å². The van der Waals surface area contributed by atoms with Gasteiger partial charge < -0.3 is 10.2 Å². The van der Waals surface area contributed by atoms with E-state index < -0.39 is 0 Å². The van der Waals surface area contributed by atoms with Crippen LogP contribution in [0.3, 0.4) is 0 Å². The molecule has 16 heavy (non-hydrogen) atoms. The highest BCUT2D eigenvalue weighted by atomic mass is 15.2. The molecule has 0 aromatic carbocycles. The molecular formula is C14H28N2. The summed E-state index contributed by atoms with van der Waals surface area (Å²) in [5, 5.41) is 3.67. The largest absolute Gasteiger partial charge is 0.312 e. The van der Waals surface area contributed by atoms with Crippen LogP contribution >= 0.6 is 0 Å². The van der Waals surface area contributed by atoms with Gasteiger partial charge in [-0.05, 0) is 72.0 Å². The zero-order chi connectivity index (χ0) is 11.6. The van der Waals surface area contributed by atoms with Gasteiger partial charge >= 0.3 is 0 Å². The zero-order valence-corrected chi connectivity index (χ0v) is 11.3. The molecule has 0 spiro atoms. The zero-order valence-electron chi connectivity index (χ0n) is 11.3. The van der Waals surface area contributed by atoms with Gasteiger partial charge in [-0.25, -0.2) is 0 Å². The highest BCUT2D eigenvalue weighted by molar-refractivity contribution is 4.92. The molecule has 1 aliphatic heterocycles. The van der Waals surface area contributed by atoms with Crippen molar-refractivity contribution in [2.24, 2.45) is 5.92 Å². The first-order valence-corrected chi connectivity index (χ1v) is 7.05. The summed E-state index contributed by atoms with van der Waals surface area (Å²) in [5.74, 6) is 0.914. The second-order valence-corrected chi connectivity index (χ2v) is 6.63. The van der Waals surface area contributed by atoms with Gasteiger partial charge in [-0.2, -0.15) is 0 Å². The van der Waals surface area contributed by atoms with Gasteiger partial charge in [0.1, 0.15) is 0 Å². The third kappa shape index (κ3) is 3.21. The number of likely N-dealkylation sites (tertiary alicyclic amines) is 1. The van der Waals surface area contributed by atoms with Gasteiger partial charge in [-0.3, -0.25) is 0 Å². The molecule has 2 atom stereocenters. The average molecular weight is 224 g/mol. The molecule has 2 aliphatic rings. The first-order chi connectivity index (χ1) is 7.56. The van der Waals surface area contributed by atoms with Crippen LogP contribution in [0, 0.1) is 5.92 Å². The number of nitrogens with zero attached hydrogens (tertiary/aromatic N) is 1. The van der Waals surface area contributed by atoms with E-state index >= 15 is 0 Å². The van der Waals surface area contributed by atoms with Crippen LogP contribution in [-0.2, 0) is 0 Å². The smallest absolute Gasteiger partial charge is 0.0136 e. The monoisotopic (exact) mass is 224 g/mol. The third-order valence-corrected chi connectivity index (χ3v) is 4.13. The Hall–Kier alpha value is -0.0800. The van der Waals surface area contributed by atoms with Crippen molar-refractivity contribution in [3.05, 3.63) is 0 Å². The lowest BCUT2D eigenvalue weighted by Crippen LogP contribution is -2.53. The Morgan fingerprint density at radius 2 is 1.75 bits per heavy atom. The van der Waals surface area contributed by atoms with Crippen LogP contribution in [-0.4, -0.2) is 36.1 Å². The van der Waals surface area contributed by atoms with Crippen molar-refractivity contribution in [2.45, 2.75) is 64.5 Å². The van der Waals surface area contributed by atoms with Crippen molar-refractivity contribution in [3.8, 4) is 0 Å². The van der Waals surface area contributed by atoms with Crippen molar-refractivity contribution < 1.29 is 0 Å². The van der Waals surface area contributed by atoms with Crippen LogP contribution in [0.25, 0.3) is 0 Å². The molecule has 0 aromatic heterocycles. The van der Waals surface area contributed by atoms with E-state index in [0.717, 1.165) is 12.0 Å². The van der Waals surface area contributed by atoms with E-state index in [1.54, 1.807) is 0 Å². The Labute approximate surface area is 101 Å². The van der Waals surface area contributed by atoms with E-state index in [1.165, 1.54) is 51.7 Å². The predicted molar refractivity (Wildman–Crippen MR) is 69.7 cm³/mol. The molecule has 1 heterocycles. The maximum Gasteiger partial charge on any atom is 0.0136 e. The molecule has 94 valence electrons. The number of piperidine rings is 1. The van der Waals surface area contributed by atoms with Crippen LogP contribution in [0.15, 0.2) is 0 Å². The summed E-state index contributed by atoms with van der Waals surface area (Å²) in [6.07, 6.45) is 7.18. The van der Waals surface area contributed by atoms with E-state index in [2.05, 4.69) is 31.0 Å². The second-order valence-electron chi connectivity index (χ2n) is 6.63. The number of nitrogens with one attached hydrogen (secondary N) is 1. The Kier molecular flexibility index (Phi) is 3.91. The lowest BCUT2D eigenvalue weighted by molar-refractivity contribution is 0.0440. The van der Waals surface area contributed by atoms with E-state index in [9.17, 15) is 0 Å². The Balaban J connectivity index is 1.74. The van der Waals surface area contributed by atoms with Gasteiger partial charge in [-0.15, -0.1) is 0 Å². The Bertz CT molecular complexity index is 213. The second kappa shape index (κ2) is 5.05. The van der Waals surface area contributed by atoms with Crippen molar-refractivity contribution in [1.29, 1.82) is 0 Å². The molecule has 0 aromatic rings. The highest BCUT2D eigenvalue weighted by Gasteiger charge is 2.35. The molecule has 2 unspecified atom stereocenters. The van der Waals surface area contributed by atoms with Crippen LogP contribution in [0.5, 0.6) is 0 Å². The minimum Gasteiger partial charge on any atom is -0.312 e. The molecule has 2 nitrogen and oxygen atoms in total. The summed E-state index contributed by atoms with van der Waals surface area (Å²) in [6.45, 7) is 10.7. The molecule has 2 rings (SSSR count). The molecule has 1 saturated carbocycles. The van der Waals surface area contributed by atoms with Gasteiger partial charge in [0.25, 0.3) is 0 Å². The van der Waals surface area contributed by atoms with E-state index in [4.69, 9.17) is 0 Å². The maximum atomic E-state index is 3.67.